The Morgan fingerprint density at radius 3 is 2.20 bits per heavy atom. The Balaban J connectivity index is 1.68. The molecular weight excluding hydrogens is 467 g/mol. The lowest BCUT2D eigenvalue weighted by Crippen LogP contribution is -2.46. The maximum atomic E-state index is 12.8. The Morgan fingerprint density at radius 1 is 0.943 bits per heavy atom. The van der Waals surface area contributed by atoms with Crippen LogP contribution in [0.3, 0.4) is 0 Å². The molecule has 8 nitrogen and oxygen atoms in total. The molecule has 4 N–H and O–H groups in total. The summed E-state index contributed by atoms with van der Waals surface area (Å²) in [4.78, 5) is 33.8. The van der Waals surface area contributed by atoms with Gasteiger partial charge < -0.3 is 19.8 Å². The van der Waals surface area contributed by atoms with Gasteiger partial charge in [0.15, 0.2) is 0 Å². The quantitative estimate of drug-likeness (QED) is 0.280. The summed E-state index contributed by atoms with van der Waals surface area (Å²) in [6.45, 7) is 1.85. The molecular formula is C26H29N2O6P. The molecule has 0 heterocycles. The van der Waals surface area contributed by atoms with Crippen LogP contribution in [0.5, 0.6) is 5.75 Å². The van der Waals surface area contributed by atoms with Gasteiger partial charge in [0.1, 0.15) is 12.0 Å². The summed E-state index contributed by atoms with van der Waals surface area (Å²) in [6.07, 6.45) is -0.447. The lowest BCUT2D eigenvalue weighted by Gasteiger charge is -2.21. The summed E-state index contributed by atoms with van der Waals surface area (Å²) in [5.41, 5.74) is 3.91. The molecule has 0 aliphatic rings. The standard InChI is InChI=1S/C26H29N2O6P/c1-19-7-13-23(14-8-19)34-35(32,33)18-28-24(26(31)27-16-15-25(29)30)17-20-9-11-22(12-10-20)21-5-3-2-4-6-21/h2-14,24,28H,15-18H2,1H3,(H,27,31)(H,29,30)(H,32,33)/t24-/m0/s1. The molecule has 0 spiro atoms. The SMILES string of the molecule is Cc1ccc(OP(=O)(O)CN[C@@H](Cc2ccc(-c3ccccc3)cc2)C(=O)NCCC(=O)O)cc1. The second-order valence-electron chi connectivity index (χ2n) is 8.16. The minimum absolute atomic E-state index is 0.0457. The van der Waals surface area contributed by atoms with E-state index in [2.05, 4.69) is 10.6 Å². The summed E-state index contributed by atoms with van der Waals surface area (Å²) < 4.78 is 17.9. The Hall–Kier alpha value is -3.45. The fourth-order valence-corrected chi connectivity index (χ4v) is 4.36. The first-order valence-corrected chi connectivity index (χ1v) is 12.9. The molecule has 0 fully saturated rings. The van der Waals surface area contributed by atoms with Crippen LogP contribution in [-0.2, 0) is 20.6 Å². The lowest BCUT2D eigenvalue weighted by atomic mass is 10.0. The van der Waals surface area contributed by atoms with E-state index in [1.165, 1.54) is 0 Å². The van der Waals surface area contributed by atoms with E-state index in [0.29, 0.717) is 0 Å². The van der Waals surface area contributed by atoms with E-state index in [0.717, 1.165) is 22.3 Å². The van der Waals surface area contributed by atoms with Gasteiger partial charge >= 0.3 is 13.6 Å². The van der Waals surface area contributed by atoms with Crippen molar-refractivity contribution in [1.29, 1.82) is 0 Å². The van der Waals surface area contributed by atoms with Crippen LogP contribution in [0.15, 0.2) is 78.9 Å². The van der Waals surface area contributed by atoms with Gasteiger partial charge in [-0.2, -0.15) is 0 Å². The number of aliphatic carboxylic acids is 1. The summed E-state index contributed by atoms with van der Waals surface area (Å²) in [5, 5.41) is 14.2. The average Bonchev–Trinajstić information content (AvgIpc) is 2.83. The van der Waals surface area contributed by atoms with Crippen LogP contribution in [0, 0.1) is 6.92 Å². The van der Waals surface area contributed by atoms with E-state index in [1.807, 2.05) is 61.5 Å². The van der Waals surface area contributed by atoms with Crippen molar-refractivity contribution in [2.45, 2.75) is 25.8 Å². The highest BCUT2D eigenvalue weighted by atomic mass is 31.2. The number of carboxylic acids is 1. The van der Waals surface area contributed by atoms with E-state index in [9.17, 15) is 19.0 Å². The first-order chi connectivity index (χ1) is 16.7. The number of rotatable bonds is 12. The van der Waals surface area contributed by atoms with Crippen molar-refractivity contribution in [2.24, 2.45) is 0 Å². The molecule has 0 saturated heterocycles. The van der Waals surface area contributed by atoms with Crippen LogP contribution in [0.1, 0.15) is 17.5 Å². The Labute approximate surface area is 204 Å². The molecule has 0 radical (unpaired) electrons. The Bertz CT molecular complexity index is 1170. The van der Waals surface area contributed by atoms with Crippen molar-refractivity contribution in [2.75, 3.05) is 12.8 Å². The third-order valence-electron chi connectivity index (χ3n) is 5.26. The van der Waals surface area contributed by atoms with E-state index in [1.54, 1.807) is 24.3 Å². The fraction of sp³-hybridized carbons (Fsp3) is 0.231. The molecule has 0 aromatic heterocycles. The van der Waals surface area contributed by atoms with Crippen molar-refractivity contribution in [3.63, 3.8) is 0 Å². The minimum atomic E-state index is -4.10. The highest BCUT2D eigenvalue weighted by Gasteiger charge is 2.26. The van der Waals surface area contributed by atoms with Gasteiger partial charge in [-0.1, -0.05) is 72.3 Å². The third-order valence-corrected chi connectivity index (χ3v) is 6.34. The monoisotopic (exact) mass is 496 g/mol. The van der Waals surface area contributed by atoms with Gasteiger partial charge in [0.2, 0.25) is 5.91 Å². The molecule has 35 heavy (non-hydrogen) atoms. The zero-order valence-corrected chi connectivity index (χ0v) is 20.3. The lowest BCUT2D eigenvalue weighted by molar-refractivity contribution is -0.137. The maximum Gasteiger partial charge on any atom is 0.390 e. The van der Waals surface area contributed by atoms with Gasteiger partial charge in [-0.15, -0.1) is 0 Å². The van der Waals surface area contributed by atoms with Crippen LogP contribution >= 0.6 is 7.60 Å². The Morgan fingerprint density at radius 2 is 1.57 bits per heavy atom. The van der Waals surface area contributed by atoms with Crippen LogP contribution in [0.4, 0.5) is 0 Å². The predicted octanol–water partition coefficient (Wildman–Crippen LogP) is 3.98. The van der Waals surface area contributed by atoms with Crippen molar-refractivity contribution in [3.8, 4) is 16.9 Å². The average molecular weight is 497 g/mol. The van der Waals surface area contributed by atoms with Crippen molar-refractivity contribution in [1.82, 2.24) is 10.6 Å². The van der Waals surface area contributed by atoms with E-state index in [-0.39, 0.29) is 25.1 Å². The van der Waals surface area contributed by atoms with E-state index < -0.39 is 31.8 Å². The Kier molecular flexibility index (Phi) is 9.20. The van der Waals surface area contributed by atoms with Gasteiger partial charge in [-0.05, 0) is 42.2 Å². The van der Waals surface area contributed by atoms with Gasteiger partial charge in [0, 0.05) is 6.54 Å². The molecule has 0 saturated carbocycles. The first-order valence-electron chi connectivity index (χ1n) is 11.2. The molecule has 3 aromatic carbocycles. The third kappa shape index (κ3) is 8.68. The topological polar surface area (TPSA) is 125 Å². The molecule has 0 bridgehead atoms. The maximum absolute atomic E-state index is 12.8. The highest BCUT2D eigenvalue weighted by molar-refractivity contribution is 7.53. The molecule has 1 amide bonds. The summed E-state index contributed by atoms with van der Waals surface area (Å²) in [6, 6.07) is 23.4. The molecule has 3 aromatic rings. The fourth-order valence-electron chi connectivity index (χ4n) is 3.39. The number of carboxylic acid groups (broad SMARTS) is 1. The second-order valence-corrected chi connectivity index (χ2v) is 9.93. The normalized spacial score (nSPS) is 13.4. The van der Waals surface area contributed by atoms with Crippen molar-refractivity contribution >= 4 is 19.5 Å². The molecule has 2 atom stereocenters. The van der Waals surface area contributed by atoms with Crippen LogP contribution in [-0.4, -0.2) is 40.7 Å². The van der Waals surface area contributed by atoms with Gasteiger partial charge in [0.05, 0.1) is 12.5 Å². The van der Waals surface area contributed by atoms with E-state index in [4.69, 9.17) is 9.63 Å². The van der Waals surface area contributed by atoms with Gasteiger partial charge in [-0.25, -0.2) is 4.57 Å². The van der Waals surface area contributed by atoms with Gasteiger partial charge in [-0.3, -0.25) is 14.9 Å². The van der Waals surface area contributed by atoms with Crippen LogP contribution in [0.2, 0.25) is 0 Å². The second kappa shape index (κ2) is 12.3. The highest BCUT2D eigenvalue weighted by Crippen LogP contribution is 2.41. The molecule has 0 aliphatic heterocycles. The number of amides is 1. The van der Waals surface area contributed by atoms with Gasteiger partial charge in [0.25, 0.3) is 0 Å². The number of aryl methyl sites for hydroxylation is 1. The summed E-state index contributed by atoms with van der Waals surface area (Å²) in [5.74, 6) is -1.24. The smallest absolute Gasteiger partial charge is 0.390 e. The van der Waals surface area contributed by atoms with E-state index >= 15 is 0 Å². The number of carbonyl (C=O) groups excluding carboxylic acids is 1. The zero-order chi connectivity index (χ0) is 25.3. The zero-order valence-electron chi connectivity index (χ0n) is 19.4. The molecule has 184 valence electrons. The minimum Gasteiger partial charge on any atom is -0.481 e. The van der Waals surface area contributed by atoms with Crippen molar-refractivity contribution < 1.29 is 28.7 Å². The number of hydrogen-bond acceptors (Lipinski definition) is 5. The summed E-state index contributed by atoms with van der Waals surface area (Å²) >= 11 is 0. The summed E-state index contributed by atoms with van der Waals surface area (Å²) in [7, 11) is -4.10. The molecule has 9 heteroatoms. The van der Waals surface area contributed by atoms with Crippen LogP contribution in [0.25, 0.3) is 11.1 Å². The predicted molar refractivity (Wildman–Crippen MR) is 134 cm³/mol. The number of nitrogens with one attached hydrogen (secondary N) is 2. The number of carbonyl (C=O) groups is 2. The van der Waals surface area contributed by atoms with Crippen molar-refractivity contribution in [3.05, 3.63) is 90.0 Å². The molecule has 0 aliphatic carbocycles. The number of hydrogen-bond donors (Lipinski definition) is 4. The largest absolute Gasteiger partial charge is 0.481 e. The van der Waals surface area contributed by atoms with Crippen LogP contribution < -0.4 is 15.2 Å². The molecule has 3 rings (SSSR count). The molecule has 1 unspecified atom stereocenters. The first kappa shape index (κ1) is 26.2. The number of benzene rings is 3.